The molecule has 0 aromatic rings. The maximum absolute atomic E-state index is 3.81. The van der Waals surface area contributed by atoms with Gasteiger partial charge in [0.1, 0.15) is 0 Å². The number of nitrogens with zero attached hydrogens (tertiary/aromatic N) is 2. The zero-order chi connectivity index (χ0) is 12.5. The van der Waals surface area contributed by atoms with Crippen molar-refractivity contribution < 1.29 is 0 Å². The topological polar surface area (TPSA) is 18.5 Å². The number of piperazine rings is 1. The summed E-state index contributed by atoms with van der Waals surface area (Å²) in [7, 11) is 2.26. The molecule has 2 saturated heterocycles. The molecule has 0 bridgehead atoms. The summed E-state index contributed by atoms with van der Waals surface area (Å²) in [5, 5.41) is 3.81. The fourth-order valence-electron chi connectivity index (χ4n) is 3.81. The molecule has 18 heavy (non-hydrogen) atoms. The van der Waals surface area contributed by atoms with Gasteiger partial charge in [-0.15, -0.1) is 0 Å². The first kappa shape index (κ1) is 12.9. The minimum atomic E-state index is 0.786. The van der Waals surface area contributed by atoms with Gasteiger partial charge in [0.05, 0.1) is 0 Å². The van der Waals surface area contributed by atoms with Crippen LogP contribution in [0.4, 0.5) is 0 Å². The van der Waals surface area contributed by atoms with E-state index >= 15 is 0 Å². The number of rotatable bonds is 3. The maximum atomic E-state index is 3.81. The van der Waals surface area contributed by atoms with Crippen LogP contribution in [0.1, 0.15) is 39.0 Å². The van der Waals surface area contributed by atoms with Crippen molar-refractivity contribution in [3.63, 3.8) is 0 Å². The fourth-order valence-corrected chi connectivity index (χ4v) is 3.81. The van der Waals surface area contributed by atoms with E-state index in [-0.39, 0.29) is 0 Å². The van der Waals surface area contributed by atoms with Crippen molar-refractivity contribution in [3.05, 3.63) is 0 Å². The van der Waals surface area contributed by atoms with Crippen LogP contribution in [-0.4, -0.2) is 61.2 Å². The monoisotopic (exact) mass is 251 g/mol. The van der Waals surface area contributed by atoms with Gasteiger partial charge in [-0.1, -0.05) is 6.92 Å². The summed E-state index contributed by atoms with van der Waals surface area (Å²) >= 11 is 0. The summed E-state index contributed by atoms with van der Waals surface area (Å²) in [5.41, 5.74) is 0. The summed E-state index contributed by atoms with van der Waals surface area (Å²) in [4.78, 5) is 5.35. The first-order chi connectivity index (χ1) is 8.78. The Morgan fingerprint density at radius 2 is 1.83 bits per heavy atom. The molecule has 0 aromatic carbocycles. The maximum Gasteiger partial charge on any atom is 0.0224 e. The van der Waals surface area contributed by atoms with Crippen LogP contribution in [0.5, 0.6) is 0 Å². The molecule has 104 valence electrons. The van der Waals surface area contributed by atoms with Crippen LogP contribution in [0.3, 0.4) is 0 Å². The van der Waals surface area contributed by atoms with E-state index < -0.39 is 0 Å². The van der Waals surface area contributed by atoms with Gasteiger partial charge in [0.15, 0.2) is 0 Å². The van der Waals surface area contributed by atoms with Crippen molar-refractivity contribution in [2.45, 2.75) is 57.2 Å². The van der Waals surface area contributed by atoms with E-state index in [0.717, 1.165) is 24.0 Å². The molecule has 0 radical (unpaired) electrons. The standard InChI is InChI=1S/C15H29N3/c1-3-13-10-16-15(12-4-5-12)11-18(13)14-6-8-17(2)9-7-14/h12-16H,3-11H2,1-2H3. The van der Waals surface area contributed by atoms with E-state index in [4.69, 9.17) is 0 Å². The lowest BCUT2D eigenvalue weighted by atomic mass is 9.96. The molecule has 3 nitrogen and oxygen atoms in total. The normalized spacial score (nSPS) is 37.0. The minimum Gasteiger partial charge on any atom is -0.311 e. The zero-order valence-corrected chi connectivity index (χ0v) is 12.1. The summed E-state index contributed by atoms with van der Waals surface area (Å²) < 4.78 is 0. The Kier molecular flexibility index (Phi) is 3.92. The van der Waals surface area contributed by atoms with Gasteiger partial charge in [-0.05, 0) is 58.2 Å². The Balaban J connectivity index is 1.62. The predicted octanol–water partition coefficient (Wildman–Crippen LogP) is 1.54. The quantitative estimate of drug-likeness (QED) is 0.821. The predicted molar refractivity (Wildman–Crippen MR) is 75.8 cm³/mol. The first-order valence-electron chi connectivity index (χ1n) is 7.95. The highest BCUT2D eigenvalue weighted by Crippen LogP contribution is 2.35. The van der Waals surface area contributed by atoms with E-state index in [2.05, 4.69) is 29.1 Å². The fraction of sp³-hybridized carbons (Fsp3) is 1.00. The van der Waals surface area contributed by atoms with Crippen molar-refractivity contribution >= 4 is 0 Å². The lowest BCUT2D eigenvalue weighted by molar-refractivity contribution is 0.0417. The van der Waals surface area contributed by atoms with Crippen molar-refractivity contribution in [1.82, 2.24) is 15.1 Å². The van der Waals surface area contributed by atoms with Crippen LogP contribution >= 0.6 is 0 Å². The molecule has 3 rings (SSSR count). The lowest BCUT2D eigenvalue weighted by Gasteiger charge is -2.47. The minimum absolute atomic E-state index is 0.786. The summed E-state index contributed by atoms with van der Waals surface area (Å²) in [6, 6.07) is 2.44. The highest BCUT2D eigenvalue weighted by Gasteiger charge is 2.39. The highest BCUT2D eigenvalue weighted by molar-refractivity contribution is 4.96. The van der Waals surface area contributed by atoms with E-state index in [9.17, 15) is 0 Å². The third-order valence-electron chi connectivity index (χ3n) is 5.31. The van der Waals surface area contributed by atoms with E-state index in [1.165, 1.54) is 58.3 Å². The largest absolute Gasteiger partial charge is 0.311 e. The Morgan fingerprint density at radius 1 is 1.11 bits per heavy atom. The molecule has 0 spiro atoms. The van der Waals surface area contributed by atoms with Crippen LogP contribution in [0.2, 0.25) is 0 Å². The van der Waals surface area contributed by atoms with Gasteiger partial charge in [0.25, 0.3) is 0 Å². The van der Waals surface area contributed by atoms with Crippen molar-refractivity contribution in [3.8, 4) is 0 Å². The van der Waals surface area contributed by atoms with Crippen LogP contribution in [0.25, 0.3) is 0 Å². The molecule has 1 saturated carbocycles. The smallest absolute Gasteiger partial charge is 0.0224 e. The van der Waals surface area contributed by atoms with Gasteiger partial charge in [-0.2, -0.15) is 0 Å². The van der Waals surface area contributed by atoms with Crippen molar-refractivity contribution in [2.75, 3.05) is 33.2 Å². The van der Waals surface area contributed by atoms with Gasteiger partial charge in [-0.25, -0.2) is 0 Å². The van der Waals surface area contributed by atoms with Crippen LogP contribution in [0, 0.1) is 5.92 Å². The third-order valence-corrected chi connectivity index (χ3v) is 5.31. The molecule has 3 heteroatoms. The number of hydrogen-bond donors (Lipinski definition) is 1. The number of nitrogens with one attached hydrogen (secondary N) is 1. The number of piperidine rings is 1. The molecule has 3 aliphatic rings. The molecule has 2 atom stereocenters. The molecule has 1 aliphatic carbocycles. The van der Waals surface area contributed by atoms with Gasteiger partial charge >= 0.3 is 0 Å². The van der Waals surface area contributed by atoms with Crippen LogP contribution in [-0.2, 0) is 0 Å². The Bertz CT molecular complexity index is 269. The summed E-state index contributed by atoms with van der Waals surface area (Å²) in [6.45, 7) is 7.48. The zero-order valence-electron chi connectivity index (χ0n) is 12.1. The molecular formula is C15H29N3. The van der Waals surface area contributed by atoms with Gasteiger partial charge in [-0.3, -0.25) is 4.90 Å². The Hall–Kier alpha value is -0.120. The third kappa shape index (κ3) is 2.73. The highest BCUT2D eigenvalue weighted by atomic mass is 15.3. The molecule has 2 aliphatic heterocycles. The molecule has 2 unspecified atom stereocenters. The molecule has 2 heterocycles. The van der Waals surface area contributed by atoms with Gasteiger partial charge in [0.2, 0.25) is 0 Å². The van der Waals surface area contributed by atoms with Crippen LogP contribution in [0.15, 0.2) is 0 Å². The molecule has 0 amide bonds. The van der Waals surface area contributed by atoms with E-state index in [1.807, 2.05) is 0 Å². The summed E-state index contributed by atoms with van der Waals surface area (Å²) in [6.07, 6.45) is 7.00. The van der Waals surface area contributed by atoms with Crippen LogP contribution < -0.4 is 5.32 Å². The average molecular weight is 251 g/mol. The molecular weight excluding hydrogens is 222 g/mol. The Labute approximate surface area is 112 Å². The SMILES string of the molecule is CCC1CNC(C2CC2)CN1C1CCN(C)CC1. The number of likely N-dealkylation sites (tertiary alicyclic amines) is 1. The lowest BCUT2D eigenvalue weighted by Crippen LogP contribution is -2.61. The second kappa shape index (κ2) is 5.48. The first-order valence-corrected chi connectivity index (χ1v) is 7.95. The van der Waals surface area contributed by atoms with Gasteiger partial charge < -0.3 is 10.2 Å². The van der Waals surface area contributed by atoms with E-state index in [1.54, 1.807) is 0 Å². The second-order valence-electron chi connectivity index (χ2n) is 6.65. The van der Waals surface area contributed by atoms with E-state index in [0.29, 0.717) is 0 Å². The van der Waals surface area contributed by atoms with Crippen molar-refractivity contribution in [1.29, 1.82) is 0 Å². The average Bonchev–Trinajstić information content (AvgIpc) is 3.23. The second-order valence-corrected chi connectivity index (χ2v) is 6.65. The molecule has 0 aromatic heterocycles. The molecule has 1 N–H and O–H groups in total. The molecule has 3 fully saturated rings. The Morgan fingerprint density at radius 3 is 2.44 bits per heavy atom. The number of hydrogen-bond acceptors (Lipinski definition) is 3. The summed E-state index contributed by atoms with van der Waals surface area (Å²) in [5.74, 6) is 0.997. The van der Waals surface area contributed by atoms with Gasteiger partial charge in [0, 0.05) is 31.2 Å². The van der Waals surface area contributed by atoms with Crippen molar-refractivity contribution in [2.24, 2.45) is 5.92 Å².